The van der Waals surface area contributed by atoms with E-state index in [1.165, 1.54) is 75.5 Å². The number of carbonyl (C=O) groups excluding carboxylic acids is 3. The van der Waals surface area contributed by atoms with E-state index in [9.17, 15) is 14.4 Å². The summed E-state index contributed by atoms with van der Waals surface area (Å²) in [7, 11) is 3.89. The smallest absolute Gasteiger partial charge is 0.326 e. The highest BCUT2D eigenvalue weighted by Crippen LogP contribution is 2.18. The fourth-order valence-corrected chi connectivity index (χ4v) is 5.70. The van der Waals surface area contributed by atoms with E-state index < -0.39 is 11.9 Å². The molecule has 0 atom stereocenters. The van der Waals surface area contributed by atoms with Crippen LogP contribution in [0.25, 0.3) is 0 Å². The molecule has 0 radical (unpaired) electrons. The lowest BCUT2D eigenvalue weighted by Crippen LogP contribution is -2.39. The van der Waals surface area contributed by atoms with Crippen LogP contribution in [0.5, 0.6) is 0 Å². The molecule has 0 aromatic heterocycles. The normalized spacial score (nSPS) is 11.5. The second kappa shape index (κ2) is 30.5. The van der Waals surface area contributed by atoms with Crippen molar-refractivity contribution in [3.05, 3.63) is 12.2 Å². The second-order valence-corrected chi connectivity index (χ2v) is 13.0. The maximum Gasteiger partial charge on any atom is 0.326 e. The Morgan fingerprint density at radius 1 is 0.674 bits per heavy atom. The van der Waals surface area contributed by atoms with Gasteiger partial charge in [-0.25, -0.2) is 0 Å². The molecule has 1 amide bonds. The van der Waals surface area contributed by atoms with Crippen LogP contribution in [0.1, 0.15) is 143 Å². The van der Waals surface area contributed by atoms with Crippen LogP contribution in [0.4, 0.5) is 4.79 Å². The molecule has 0 saturated heterocycles. The van der Waals surface area contributed by atoms with Crippen molar-refractivity contribution in [3.8, 4) is 0 Å². The number of ether oxygens (including phenoxy) is 2. The second-order valence-electron chi connectivity index (χ2n) is 12.0. The van der Waals surface area contributed by atoms with E-state index in [1.807, 2.05) is 31.1 Å². The fourth-order valence-electron chi connectivity index (χ4n) is 4.76. The van der Waals surface area contributed by atoms with Crippen molar-refractivity contribution in [3.63, 3.8) is 0 Å². The topological polar surface area (TPSA) is 76.1 Å². The molecule has 0 bridgehead atoms. The minimum atomic E-state index is -0.513. The lowest BCUT2D eigenvalue weighted by molar-refractivity contribution is -0.151. The SMILES string of the molecule is CCCCCC/C=C\COC(=O)CN(CC(=O)OC(CCCCCCCC)CCCCCCCC)C(=O)SCCN(C)C. The Bertz CT molecular complexity index is 700. The summed E-state index contributed by atoms with van der Waals surface area (Å²) in [5, 5.41) is -0.300. The number of carbonyl (C=O) groups is 3. The Kier molecular flexibility index (Phi) is 29.4. The minimum absolute atomic E-state index is 0.141. The predicted molar refractivity (Wildman–Crippen MR) is 183 cm³/mol. The number of esters is 2. The number of nitrogens with zero attached hydrogens (tertiary/aromatic N) is 2. The summed E-state index contributed by atoms with van der Waals surface area (Å²) < 4.78 is 11.3. The number of amides is 1. The monoisotopic (exact) mass is 626 g/mol. The van der Waals surface area contributed by atoms with Gasteiger partial charge in [0.25, 0.3) is 5.24 Å². The van der Waals surface area contributed by atoms with Crippen LogP contribution in [0.3, 0.4) is 0 Å². The number of hydrogen-bond donors (Lipinski definition) is 0. The highest BCUT2D eigenvalue weighted by Gasteiger charge is 2.24. The third-order valence-electron chi connectivity index (χ3n) is 7.45. The van der Waals surface area contributed by atoms with Crippen molar-refractivity contribution < 1.29 is 23.9 Å². The zero-order valence-electron chi connectivity index (χ0n) is 28.5. The molecule has 0 fully saturated rings. The lowest BCUT2D eigenvalue weighted by Gasteiger charge is -2.23. The molecule has 8 heteroatoms. The highest BCUT2D eigenvalue weighted by atomic mass is 32.2. The molecule has 0 aliphatic heterocycles. The van der Waals surface area contributed by atoms with Crippen molar-refractivity contribution in [2.45, 2.75) is 149 Å². The van der Waals surface area contributed by atoms with Gasteiger partial charge in [-0.15, -0.1) is 0 Å². The molecular formula is C35H66N2O5S. The Labute approximate surface area is 269 Å². The number of rotatable bonds is 29. The van der Waals surface area contributed by atoms with Gasteiger partial charge < -0.3 is 19.3 Å². The molecule has 43 heavy (non-hydrogen) atoms. The third-order valence-corrected chi connectivity index (χ3v) is 8.34. The molecular weight excluding hydrogens is 560 g/mol. The Morgan fingerprint density at radius 3 is 1.74 bits per heavy atom. The van der Waals surface area contributed by atoms with Crippen LogP contribution in [0, 0.1) is 0 Å². The van der Waals surface area contributed by atoms with Gasteiger partial charge in [-0.3, -0.25) is 14.4 Å². The average Bonchev–Trinajstić information content (AvgIpc) is 2.97. The molecule has 0 aromatic carbocycles. The summed E-state index contributed by atoms with van der Waals surface area (Å²) in [5.74, 6) is -0.379. The van der Waals surface area contributed by atoms with Gasteiger partial charge in [0.05, 0.1) is 0 Å². The zero-order valence-corrected chi connectivity index (χ0v) is 29.4. The molecule has 0 aromatic rings. The first kappa shape index (κ1) is 41.5. The lowest BCUT2D eigenvalue weighted by atomic mass is 10.0. The summed E-state index contributed by atoms with van der Waals surface area (Å²) in [6.07, 6.45) is 25.5. The van der Waals surface area contributed by atoms with Gasteiger partial charge in [0.15, 0.2) is 0 Å². The quantitative estimate of drug-likeness (QED) is 0.0465. The average molecular weight is 627 g/mol. The number of hydrogen-bond acceptors (Lipinski definition) is 7. The van der Waals surface area contributed by atoms with Crippen molar-refractivity contribution in [2.75, 3.05) is 46.1 Å². The van der Waals surface area contributed by atoms with Crippen LogP contribution in [0.15, 0.2) is 12.2 Å². The van der Waals surface area contributed by atoms with E-state index in [2.05, 4.69) is 20.8 Å². The van der Waals surface area contributed by atoms with Crippen molar-refractivity contribution in [1.82, 2.24) is 9.80 Å². The summed E-state index contributed by atoms with van der Waals surface area (Å²) >= 11 is 1.12. The van der Waals surface area contributed by atoms with Gasteiger partial charge in [-0.2, -0.15) is 0 Å². The summed E-state index contributed by atoms with van der Waals surface area (Å²) in [4.78, 5) is 42.0. The highest BCUT2D eigenvalue weighted by molar-refractivity contribution is 8.13. The number of unbranched alkanes of at least 4 members (excludes halogenated alkanes) is 14. The standard InChI is InChI=1S/C35H66N2O5S/c1-6-9-12-15-18-21-24-28-41-33(38)30-37(35(40)43-29-27-36(4)5)31-34(39)42-32(25-22-19-16-13-10-7-2)26-23-20-17-14-11-8-3/h21,24,32H,6-20,22-23,25-31H2,1-5H3/b24-21-. The Hall–Kier alpha value is -1.54. The van der Waals surface area contributed by atoms with Gasteiger partial charge in [-0.05, 0) is 52.6 Å². The fraction of sp³-hybridized carbons (Fsp3) is 0.857. The van der Waals surface area contributed by atoms with Crippen LogP contribution in [-0.4, -0.2) is 79.2 Å². The molecule has 0 N–H and O–H groups in total. The largest absolute Gasteiger partial charge is 0.461 e. The first-order valence-electron chi connectivity index (χ1n) is 17.4. The molecule has 0 aliphatic rings. The summed E-state index contributed by atoms with van der Waals surface area (Å²) in [5.41, 5.74) is 0. The van der Waals surface area contributed by atoms with Crippen molar-refractivity contribution in [2.24, 2.45) is 0 Å². The van der Waals surface area contributed by atoms with Crippen LogP contribution in [0.2, 0.25) is 0 Å². The van der Waals surface area contributed by atoms with E-state index in [1.54, 1.807) is 0 Å². The van der Waals surface area contributed by atoms with Gasteiger partial charge in [0.1, 0.15) is 25.8 Å². The van der Waals surface area contributed by atoms with Crippen LogP contribution < -0.4 is 0 Å². The van der Waals surface area contributed by atoms with Gasteiger partial charge >= 0.3 is 11.9 Å². The summed E-state index contributed by atoms with van der Waals surface area (Å²) in [6, 6.07) is 0. The van der Waals surface area contributed by atoms with Gasteiger partial charge in [0.2, 0.25) is 0 Å². The van der Waals surface area contributed by atoms with Gasteiger partial charge in [0, 0.05) is 12.3 Å². The molecule has 252 valence electrons. The molecule has 0 rings (SSSR count). The Balaban J connectivity index is 5.02. The molecule has 0 spiro atoms. The first-order chi connectivity index (χ1) is 20.8. The van der Waals surface area contributed by atoms with E-state index >= 15 is 0 Å². The summed E-state index contributed by atoms with van der Waals surface area (Å²) in [6.45, 7) is 7.03. The van der Waals surface area contributed by atoms with Crippen molar-refractivity contribution >= 4 is 28.9 Å². The van der Waals surface area contributed by atoms with E-state index in [-0.39, 0.29) is 31.0 Å². The zero-order chi connectivity index (χ0) is 32.0. The molecule has 0 heterocycles. The predicted octanol–water partition coefficient (Wildman–Crippen LogP) is 9.19. The number of allylic oxidation sites excluding steroid dienone is 1. The maximum atomic E-state index is 13.1. The number of thioether (sulfide) groups is 1. The molecule has 0 saturated carbocycles. The minimum Gasteiger partial charge on any atom is -0.461 e. The molecule has 7 nitrogen and oxygen atoms in total. The van der Waals surface area contributed by atoms with E-state index in [4.69, 9.17) is 9.47 Å². The molecule has 0 unspecified atom stereocenters. The van der Waals surface area contributed by atoms with Crippen LogP contribution >= 0.6 is 11.8 Å². The van der Waals surface area contributed by atoms with Crippen LogP contribution in [-0.2, 0) is 19.1 Å². The Morgan fingerprint density at radius 2 is 1.19 bits per heavy atom. The third kappa shape index (κ3) is 27.7. The van der Waals surface area contributed by atoms with E-state index in [0.29, 0.717) is 5.75 Å². The van der Waals surface area contributed by atoms with E-state index in [0.717, 1.165) is 69.7 Å². The maximum absolute atomic E-state index is 13.1. The van der Waals surface area contributed by atoms with Gasteiger partial charge in [-0.1, -0.05) is 128 Å². The first-order valence-corrected chi connectivity index (χ1v) is 18.4. The molecule has 0 aliphatic carbocycles. The van der Waals surface area contributed by atoms with Crippen molar-refractivity contribution in [1.29, 1.82) is 0 Å².